The SMILES string of the molecule is CC(C)[C@H](N)C(=O)NCC(=O)N(C)CCOc1ccccc1. The second-order valence-electron chi connectivity index (χ2n) is 5.46. The van der Waals surface area contributed by atoms with Gasteiger partial charge in [-0.1, -0.05) is 32.0 Å². The zero-order valence-electron chi connectivity index (χ0n) is 13.4. The minimum atomic E-state index is -0.598. The molecule has 3 N–H and O–H groups in total. The monoisotopic (exact) mass is 307 g/mol. The number of nitrogens with zero attached hydrogens (tertiary/aromatic N) is 1. The van der Waals surface area contributed by atoms with Crippen LogP contribution in [0.25, 0.3) is 0 Å². The third-order valence-corrected chi connectivity index (χ3v) is 3.30. The number of carbonyl (C=O) groups is 2. The lowest BCUT2D eigenvalue weighted by molar-refractivity contribution is -0.132. The average Bonchev–Trinajstić information content (AvgIpc) is 2.52. The number of carbonyl (C=O) groups excluding carboxylic acids is 2. The first-order valence-electron chi connectivity index (χ1n) is 7.37. The Bertz CT molecular complexity index is 477. The van der Waals surface area contributed by atoms with Gasteiger partial charge in [0.25, 0.3) is 0 Å². The number of nitrogens with one attached hydrogen (secondary N) is 1. The summed E-state index contributed by atoms with van der Waals surface area (Å²) in [6, 6.07) is 8.80. The molecule has 0 heterocycles. The van der Waals surface area contributed by atoms with Gasteiger partial charge in [0.05, 0.1) is 19.1 Å². The van der Waals surface area contributed by atoms with Crippen LogP contribution in [0.3, 0.4) is 0 Å². The van der Waals surface area contributed by atoms with Crippen molar-refractivity contribution in [1.29, 1.82) is 0 Å². The molecule has 0 spiro atoms. The number of rotatable bonds is 8. The summed E-state index contributed by atoms with van der Waals surface area (Å²) < 4.78 is 5.52. The molecule has 0 aliphatic heterocycles. The minimum Gasteiger partial charge on any atom is -0.492 e. The molecule has 0 unspecified atom stereocenters. The van der Waals surface area contributed by atoms with E-state index >= 15 is 0 Å². The second kappa shape index (κ2) is 9.04. The van der Waals surface area contributed by atoms with Crippen LogP contribution in [-0.2, 0) is 9.59 Å². The van der Waals surface area contributed by atoms with E-state index in [1.807, 2.05) is 44.2 Å². The van der Waals surface area contributed by atoms with E-state index < -0.39 is 6.04 Å². The lowest BCUT2D eigenvalue weighted by Crippen LogP contribution is -2.47. The van der Waals surface area contributed by atoms with Crippen molar-refractivity contribution in [2.24, 2.45) is 11.7 Å². The first-order chi connectivity index (χ1) is 10.4. The lowest BCUT2D eigenvalue weighted by Gasteiger charge is -2.19. The maximum Gasteiger partial charge on any atom is 0.241 e. The molecule has 0 saturated heterocycles. The van der Waals surface area contributed by atoms with Gasteiger partial charge in [-0.2, -0.15) is 0 Å². The highest BCUT2D eigenvalue weighted by Gasteiger charge is 2.18. The van der Waals surface area contributed by atoms with Gasteiger partial charge in [-0.05, 0) is 18.1 Å². The molecule has 1 atom stereocenters. The smallest absolute Gasteiger partial charge is 0.241 e. The average molecular weight is 307 g/mol. The van der Waals surface area contributed by atoms with Gasteiger partial charge in [-0.15, -0.1) is 0 Å². The highest BCUT2D eigenvalue weighted by Crippen LogP contribution is 2.07. The predicted octanol–water partition coefficient (Wildman–Crippen LogP) is 0.623. The normalized spacial score (nSPS) is 11.9. The fraction of sp³-hybridized carbons (Fsp3) is 0.500. The van der Waals surface area contributed by atoms with Gasteiger partial charge in [0, 0.05) is 7.05 Å². The quantitative estimate of drug-likeness (QED) is 0.737. The largest absolute Gasteiger partial charge is 0.492 e. The number of para-hydroxylation sites is 1. The molecule has 0 bridgehead atoms. The van der Waals surface area contributed by atoms with Crippen LogP contribution in [0.15, 0.2) is 30.3 Å². The van der Waals surface area contributed by atoms with Crippen molar-refractivity contribution >= 4 is 11.8 Å². The molecule has 0 aliphatic rings. The van der Waals surface area contributed by atoms with Crippen LogP contribution >= 0.6 is 0 Å². The van der Waals surface area contributed by atoms with Crippen LogP contribution in [0.1, 0.15) is 13.8 Å². The Labute approximate surface area is 131 Å². The Morgan fingerprint density at radius 1 is 1.27 bits per heavy atom. The van der Waals surface area contributed by atoms with Crippen LogP contribution in [-0.4, -0.2) is 49.5 Å². The number of hydrogen-bond acceptors (Lipinski definition) is 4. The van der Waals surface area contributed by atoms with E-state index in [0.29, 0.717) is 13.2 Å². The van der Waals surface area contributed by atoms with Crippen molar-refractivity contribution in [2.75, 3.05) is 26.7 Å². The molecule has 0 aliphatic carbocycles. The van der Waals surface area contributed by atoms with E-state index in [9.17, 15) is 9.59 Å². The molecule has 1 rings (SSSR count). The summed E-state index contributed by atoms with van der Waals surface area (Å²) >= 11 is 0. The molecular formula is C16H25N3O3. The number of hydrogen-bond donors (Lipinski definition) is 2. The number of ether oxygens (including phenoxy) is 1. The van der Waals surface area contributed by atoms with Crippen LogP contribution in [0.5, 0.6) is 5.75 Å². The van der Waals surface area contributed by atoms with Crippen molar-refractivity contribution < 1.29 is 14.3 Å². The topological polar surface area (TPSA) is 84.7 Å². The Balaban J connectivity index is 2.26. The van der Waals surface area contributed by atoms with Crippen molar-refractivity contribution in [2.45, 2.75) is 19.9 Å². The molecule has 0 saturated carbocycles. The van der Waals surface area contributed by atoms with E-state index in [0.717, 1.165) is 5.75 Å². The number of nitrogens with two attached hydrogens (primary N) is 1. The summed E-state index contributed by atoms with van der Waals surface area (Å²) in [6.07, 6.45) is 0. The van der Waals surface area contributed by atoms with Crippen LogP contribution in [0.2, 0.25) is 0 Å². The second-order valence-corrected chi connectivity index (χ2v) is 5.46. The molecule has 6 nitrogen and oxygen atoms in total. The van der Waals surface area contributed by atoms with Crippen LogP contribution in [0, 0.1) is 5.92 Å². The zero-order valence-corrected chi connectivity index (χ0v) is 13.4. The fourth-order valence-electron chi connectivity index (χ4n) is 1.66. The molecular weight excluding hydrogens is 282 g/mol. The molecule has 122 valence electrons. The summed E-state index contributed by atoms with van der Waals surface area (Å²) in [6.45, 7) is 4.50. The fourth-order valence-corrected chi connectivity index (χ4v) is 1.66. The first-order valence-corrected chi connectivity index (χ1v) is 7.37. The maximum atomic E-state index is 11.9. The highest BCUT2D eigenvalue weighted by atomic mass is 16.5. The van der Waals surface area contributed by atoms with E-state index in [-0.39, 0.29) is 24.3 Å². The highest BCUT2D eigenvalue weighted by molar-refractivity contribution is 5.87. The first kappa shape index (κ1) is 18.0. The Hall–Kier alpha value is -2.08. The summed E-state index contributed by atoms with van der Waals surface area (Å²) in [5.74, 6) is 0.310. The Kier molecular flexibility index (Phi) is 7.39. The van der Waals surface area contributed by atoms with E-state index in [2.05, 4.69) is 5.32 Å². The lowest BCUT2D eigenvalue weighted by atomic mass is 10.1. The molecule has 2 amide bonds. The maximum absolute atomic E-state index is 11.9. The molecule has 0 radical (unpaired) electrons. The molecule has 0 fully saturated rings. The van der Waals surface area contributed by atoms with Crippen LogP contribution < -0.4 is 15.8 Å². The van der Waals surface area contributed by atoms with Gasteiger partial charge in [0.15, 0.2) is 0 Å². The Morgan fingerprint density at radius 2 is 1.91 bits per heavy atom. The summed E-state index contributed by atoms with van der Waals surface area (Å²) in [7, 11) is 1.67. The number of benzene rings is 1. The van der Waals surface area contributed by atoms with E-state index in [1.165, 1.54) is 4.90 Å². The van der Waals surface area contributed by atoms with Gasteiger partial charge in [-0.3, -0.25) is 9.59 Å². The Morgan fingerprint density at radius 3 is 2.50 bits per heavy atom. The van der Waals surface area contributed by atoms with Gasteiger partial charge in [0.1, 0.15) is 12.4 Å². The standard InChI is InChI=1S/C16H25N3O3/c1-12(2)15(17)16(21)18-11-14(20)19(3)9-10-22-13-7-5-4-6-8-13/h4-8,12,15H,9-11,17H2,1-3H3,(H,18,21)/t15-/m0/s1. The van der Waals surface area contributed by atoms with Crippen molar-refractivity contribution in [1.82, 2.24) is 10.2 Å². The van der Waals surface area contributed by atoms with E-state index in [1.54, 1.807) is 7.05 Å². The molecule has 6 heteroatoms. The summed E-state index contributed by atoms with van der Waals surface area (Å²) in [5.41, 5.74) is 5.71. The third-order valence-electron chi connectivity index (χ3n) is 3.30. The van der Waals surface area contributed by atoms with Gasteiger partial charge < -0.3 is 20.7 Å². The minimum absolute atomic E-state index is 0.0344. The molecule has 22 heavy (non-hydrogen) atoms. The predicted molar refractivity (Wildman–Crippen MR) is 85.4 cm³/mol. The van der Waals surface area contributed by atoms with Crippen molar-refractivity contribution in [3.63, 3.8) is 0 Å². The van der Waals surface area contributed by atoms with Crippen molar-refractivity contribution in [3.05, 3.63) is 30.3 Å². The summed E-state index contributed by atoms with van der Waals surface area (Å²) in [5, 5.41) is 2.56. The molecule has 0 aromatic heterocycles. The third kappa shape index (κ3) is 6.13. The molecule has 1 aromatic carbocycles. The van der Waals surface area contributed by atoms with Crippen LogP contribution in [0.4, 0.5) is 0 Å². The number of amides is 2. The zero-order chi connectivity index (χ0) is 16.5. The summed E-state index contributed by atoms with van der Waals surface area (Å²) in [4.78, 5) is 25.1. The molecule has 1 aromatic rings. The van der Waals surface area contributed by atoms with Gasteiger partial charge in [0.2, 0.25) is 11.8 Å². The van der Waals surface area contributed by atoms with Gasteiger partial charge in [-0.25, -0.2) is 0 Å². The van der Waals surface area contributed by atoms with E-state index in [4.69, 9.17) is 10.5 Å². The van der Waals surface area contributed by atoms with Crippen molar-refractivity contribution in [3.8, 4) is 5.75 Å². The number of likely N-dealkylation sites (N-methyl/N-ethyl adjacent to an activating group) is 1. The van der Waals surface area contributed by atoms with Gasteiger partial charge >= 0.3 is 0 Å².